The third-order valence-electron chi connectivity index (χ3n) is 5.72. The summed E-state index contributed by atoms with van der Waals surface area (Å²) >= 11 is 0. The van der Waals surface area contributed by atoms with Crippen LogP contribution < -0.4 is 0 Å². The number of hydrogen-bond donors (Lipinski definition) is 0. The quantitative estimate of drug-likeness (QED) is 0.196. The highest BCUT2D eigenvalue weighted by Crippen LogP contribution is 2.14. The molecular weight excluding hydrogens is 370 g/mol. The van der Waals surface area contributed by atoms with Crippen LogP contribution in [0, 0.1) is 0 Å². The maximum atomic E-state index is 12.3. The van der Waals surface area contributed by atoms with Gasteiger partial charge < -0.3 is 0 Å². The summed E-state index contributed by atoms with van der Waals surface area (Å²) in [6.45, 7) is 2.23. The number of hydrogen-bond acceptors (Lipinski definition) is 3. The predicted octanol–water partition coefficient (Wildman–Crippen LogP) is 7.89. The number of para-hydroxylation sites is 1. The van der Waals surface area contributed by atoms with Crippen molar-refractivity contribution in [1.29, 1.82) is 0 Å². The van der Waals surface area contributed by atoms with Gasteiger partial charge in [0, 0.05) is 6.42 Å². The van der Waals surface area contributed by atoms with E-state index in [1.54, 1.807) is 0 Å². The predicted molar refractivity (Wildman–Crippen MR) is 127 cm³/mol. The van der Waals surface area contributed by atoms with Crippen LogP contribution in [0.4, 0.5) is 0 Å². The van der Waals surface area contributed by atoms with Crippen molar-refractivity contribution in [2.45, 2.75) is 110 Å². The van der Waals surface area contributed by atoms with Crippen molar-refractivity contribution >= 4 is 16.9 Å². The lowest BCUT2D eigenvalue weighted by Gasteiger charge is -2.03. The smallest absolute Gasteiger partial charge is 0.248 e. The van der Waals surface area contributed by atoms with Crippen LogP contribution in [-0.2, 0) is 0 Å². The van der Waals surface area contributed by atoms with Crippen LogP contribution in [0.1, 0.15) is 114 Å². The van der Waals surface area contributed by atoms with Gasteiger partial charge in [-0.25, -0.2) is 0 Å². The van der Waals surface area contributed by atoms with Crippen molar-refractivity contribution in [2.75, 3.05) is 0 Å². The first kappa shape index (κ1) is 24.3. The Labute approximate surface area is 183 Å². The minimum Gasteiger partial charge on any atom is -0.273 e. The van der Waals surface area contributed by atoms with Crippen LogP contribution in [0.25, 0.3) is 11.0 Å². The Bertz CT molecular complexity index is 735. The Morgan fingerprint density at radius 2 is 1.37 bits per heavy atom. The van der Waals surface area contributed by atoms with E-state index in [2.05, 4.69) is 29.4 Å². The lowest BCUT2D eigenvalue weighted by molar-refractivity contribution is 0.0886. The Balaban J connectivity index is 1.36. The molecule has 0 radical (unpaired) electrons. The summed E-state index contributed by atoms with van der Waals surface area (Å²) in [6, 6.07) is 7.63. The van der Waals surface area contributed by atoms with Crippen molar-refractivity contribution < 1.29 is 4.79 Å². The highest BCUT2D eigenvalue weighted by atomic mass is 16.2. The summed E-state index contributed by atoms with van der Waals surface area (Å²) in [6.07, 6.45) is 24.6. The number of carbonyl (C=O) groups excluding carboxylic acids is 1. The zero-order chi connectivity index (χ0) is 21.3. The van der Waals surface area contributed by atoms with Crippen LogP contribution in [0.5, 0.6) is 0 Å². The largest absolute Gasteiger partial charge is 0.273 e. The van der Waals surface area contributed by atoms with Crippen LogP contribution >= 0.6 is 0 Å². The first-order valence-corrected chi connectivity index (χ1v) is 12.3. The Morgan fingerprint density at radius 1 is 0.800 bits per heavy atom. The van der Waals surface area contributed by atoms with Gasteiger partial charge in [-0.05, 0) is 37.8 Å². The highest BCUT2D eigenvalue weighted by Gasteiger charge is 2.10. The third-order valence-corrected chi connectivity index (χ3v) is 5.72. The molecule has 0 aliphatic carbocycles. The van der Waals surface area contributed by atoms with E-state index < -0.39 is 0 Å². The summed E-state index contributed by atoms with van der Waals surface area (Å²) < 4.78 is 1.46. The molecular formula is C26H41N3O. The Hall–Kier alpha value is -1.97. The molecule has 1 aromatic heterocycles. The van der Waals surface area contributed by atoms with Crippen LogP contribution in [0.15, 0.2) is 36.4 Å². The average Bonchev–Trinajstić information content (AvgIpc) is 3.20. The summed E-state index contributed by atoms with van der Waals surface area (Å²) in [5, 5.41) is 8.06. The molecule has 0 aliphatic rings. The topological polar surface area (TPSA) is 47.8 Å². The van der Waals surface area contributed by atoms with E-state index in [0.717, 1.165) is 23.9 Å². The number of allylic oxidation sites excluding steroid dienone is 2. The molecule has 2 rings (SSSR count). The highest BCUT2D eigenvalue weighted by molar-refractivity contribution is 5.88. The van der Waals surface area contributed by atoms with E-state index in [4.69, 9.17) is 0 Å². The molecule has 4 heteroatoms. The SMILES string of the molecule is CCC/C=C/CCCCCCCCCCCCCCC(=O)n1nnc2ccccc21. The van der Waals surface area contributed by atoms with Gasteiger partial charge in [0.25, 0.3) is 0 Å². The average molecular weight is 412 g/mol. The van der Waals surface area contributed by atoms with Gasteiger partial charge in [-0.3, -0.25) is 4.79 Å². The fourth-order valence-electron chi connectivity index (χ4n) is 3.87. The lowest BCUT2D eigenvalue weighted by atomic mass is 10.0. The zero-order valence-corrected chi connectivity index (χ0v) is 19.0. The molecule has 0 atom stereocenters. The van der Waals surface area contributed by atoms with E-state index in [9.17, 15) is 4.79 Å². The van der Waals surface area contributed by atoms with E-state index in [1.165, 1.54) is 88.2 Å². The van der Waals surface area contributed by atoms with E-state index in [1.807, 2.05) is 24.3 Å². The Morgan fingerprint density at radius 3 is 2.03 bits per heavy atom. The van der Waals surface area contributed by atoms with Crippen molar-refractivity contribution in [3.63, 3.8) is 0 Å². The van der Waals surface area contributed by atoms with Gasteiger partial charge in [0.1, 0.15) is 5.52 Å². The molecule has 0 saturated carbocycles. The summed E-state index contributed by atoms with van der Waals surface area (Å²) in [4.78, 5) is 12.3. The van der Waals surface area contributed by atoms with E-state index in [0.29, 0.717) is 6.42 Å². The lowest BCUT2D eigenvalue weighted by Crippen LogP contribution is -2.12. The molecule has 4 nitrogen and oxygen atoms in total. The fraction of sp³-hybridized carbons (Fsp3) is 0.654. The minimum absolute atomic E-state index is 0.0562. The normalized spacial score (nSPS) is 11.6. The van der Waals surface area contributed by atoms with Gasteiger partial charge in [-0.15, -0.1) is 5.10 Å². The number of fused-ring (bicyclic) bond motifs is 1. The molecule has 0 amide bonds. The van der Waals surface area contributed by atoms with Gasteiger partial charge in [0.2, 0.25) is 5.91 Å². The second kappa shape index (κ2) is 15.8. The molecule has 1 heterocycles. The minimum atomic E-state index is 0.0562. The number of unbranched alkanes of at least 4 members (excludes halogenated alkanes) is 13. The van der Waals surface area contributed by atoms with Gasteiger partial charge in [-0.2, -0.15) is 4.68 Å². The van der Waals surface area contributed by atoms with Gasteiger partial charge in [0.05, 0.1) is 5.52 Å². The van der Waals surface area contributed by atoms with E-state index in [-0.39, 0.29) is 5.91 Å². The second-order valence-electron chi connectivity index (χ2n) is 8.43. The first-order chi connectivity index (χ1) is 14.8. The zero-order valence-electron chi connectivity index (χ0n) is 19.0. The second-order valence-corrected chi connectivity index (χ2v) is 8.43. The van der Waals surface area contributed by atoms with Crippen LogP contribution in [-0.4, -0.2) is 20.9 Å². The van der Waals surface area contributed by atoms with Crippen LogP contribution in [0.3, 0.4) is 0 Å². The Kier molecular flexibility index (Phi) is 12.8. The molecule has 0 N–H and O–H groups in total. The van der Waals surface area contributed by atoms with Crippen molar-refractivity contribution in [3.8, 4) is 0 Å². The van der Waals surface area contributed by atoms with Crippen molar-refractivity contribution in [1.82, 2.24) is 15.0 Å². The molecule has 2 aromatic rings. The molecule has 1 aromatic carbocycles. The monoisotopic (exact) mass is 411 g/mol. The summed E-state index contributed by atoms with van der Waals surface area (Å²) in [5.41, 5.74) is 1.59. The number of rotatable bonds is 17. The third kappa shape index (κ3) is 9.69. The maximum Gasteiger partial charge on any atom is 0.248 e. The number of aromatic nitrogens is 3. The molecule has 0 saturated heterocycles. The first-order valence-electron chi connectivity index (χ1n) is 12.3. The molecule has 0 bridgehead atoms. The van der Waals surface area contributed by atoms with Gasteiger partial charge in [-0.1, -0.05) is 107 Å². The number of benzene rings is 1. The summed E-state index contributed by atoms with van der Waals surface area (Å²) in [5.74, 6) is 0.0562. The molecule has 0 unspecified atom stereocenters. The molecule has 30 heavy (non-hydrogen) atoms. The fourth-order valence-corrected chi connectivity index (χ4v) is 3.87. The van der Waals surface area contributed by atoms with Crippen molar-refractivity contribution in [3.05, 3.63) is 36.4 Å². The standard InChI is InChI=1S/C26H41N3O/c1-2-3-4-5-6-7-8-9-10-11-12-13-14-15-16-17-18-23-26(30)29-25-22-20-19-21-24(25)27-28-29/h4-5,19-22H,2-3,6-18,23H2,1H3/b5-4+. The number of carbonyl (C=O) groups is 1. The van der Waals surface area contributed by atoms with Gasteiger partial charge in [0.15, 0.2) is 0 Å². The molecule has 0 aliphatic heterocycles. The molecule has 0 spiro atoms. The van der Waals surface area contributed by atoms with Crippen molar-refractivity contribution in [2.24, 2.45) is 0 Å². The maximum absolute atomic E-state index is 12.3. The summed E-state index contributed by atoms with van der Waals surface area (Å²) in [7, 11) is 0. The van der Waals surface area contributed by atoms with Gasteiger partial charge >= 0.3 is 0 Å². The molecule has 166 valence electrons. The number of nitrogens with zero attached hydrogens (tertiary/aromatic N) is 3. The molecule has 0 fully saturated rings. The van der Waals surface area contributed by atoms with Crippen LogP contribution in [0.2, 0.25) is 0 Å². The van der Waals surface area contributed by atoms with E-state index >= 15 is 0 Å².